The molecule has 5 nitrogen and oxygen atoms in total. The van der Waals surface area contributed by atoms with Crippen molar-refractivity contribution in [3.05, 3.63) is 70.5 Å². The van der Waals surface area contributed by atoms with Crippen LogP contribution < -0.4 is 10.2 Å². The lowest BCUT2D eigenvalue weighted by atomic mass is 9.86. The van der Waals surface area contributed by atoms with Crippen molar-refractivity contribution < 1.29 is 4.39 Å². The number of anilines is 1. The molecule has 0 radical (unpaired) electrons. The van der Waals surface area contributed by atoms with E-state index < -0.39 is 0 Å². The molecule has 7 heteroatoms. The number of fused-ring (bicyclic) bond motifs is 1. The fraction of sp³-hybridized carbons (Fsp3) is 0.367. The van der Waals surface area contributed by atoms with Gasteiger partial charge in [-0.05, 0) is 48.1 Å². The summed E-state index contributed by atoms with van der Waals surface area (Å²) in [5.74, 6) is 0.949. The van der Waals surface area contributed by atoms with E-state index in [4.69, 9.17) is 26.8 Å². The highest BCUT2D eigenvalue weighted by Gasteiger charge is 2.27. The summed E-state index contributed by atoms with van der Waals surface area (Å²) in [5, 5.41) is 14.3. The average Bonchev–Trinajstić information content (AvgIpc) is 2.88. The van der Waals surface area contributed by atoms with Crippen LogP contribution in [-0.2, 0) is 0 Å². The summed E-state index contributed by atoms with van der Waals surface area (Å²) in [4.78, 5) is 7.30. The number of pyridine rings is 1. The Morgan fingerprint density at radius 2 is 1.68 bits per heavy atom. The van der Waals surface area contributed by atoms with Crippen LogP contribution in [0.25, 0.3) is 33.4 Å². The normalized spacial score (nSPS) is 16.2. The van der Waals surface area contributed by atoms with E-state index in [2.05, 4.69) is 63.0 Å². The molecule has 0 amide bonds. The molecule has 1 N–H and O–H groups in total. The lowest BCUT2D eigenvalue weighted by molar-refractivity contribution is 0.497. The quantitative estimate of drug-likeness (QED) is 0.303. The van der Waals surface area contributed by atoms with Crippen molar-refractivity contribution in [3.63, 3.8) is 0 Å². The molecule has 0 bridgehead atoms. The van der Waals surface area contributed by atoms with Crippen LogP contribution in [0, 0.1) is 5.82 Å². The number of benzene rings is 2. The molecular weight excluding hydrogens is 485 g/mol. The lowest BCUT2D eigenvalue weighted by Gasteiger charge is -2.35. The molecule has 1 saturated heterocycles. The van der Waals surface area contributed by atoms with Gasteiger partial charge in [-0.2, -0.15) is 0 Å². The van der Waals surface area contributed by atoms with E-state index in [1.807, 2.05) is 6.07 Å². The number of hydrogen-bond donors (Lipinski definition) is 1. The van der Waals surface area contributed by atoms with Gasteiger partial charge in [-0.3, -0.25) is 0 Å². The van der Waals surface area contributed by atoms with Crippen LogP contribution in [0.1, 0.15) is 57.6 Å². The molecule has 2 aromatic carbocycles. The molecule has 0 saturated carbocycles. The summed E-state index contributed by atoms with van der Waals surface area (Å²) in [5.41, 5.74) is 5.62. The second-order valence-corrected chi connectivity index (χ2v) is 10.8. The summed E-state index contributed by atoms with van der Waals surface area (Å²) in [7, 11) is 0. The van der Waals surface area contributed by atoms with Crippen LogP contribution in [0.15, 0.2) is 48.5 Å². The summed E-state index contributed by atoms with van der Waals surface area (Å²) >= 11 is 6.81. The Morgan fingerprint density at radius 3 is 2.32 bits per heavy atom. The highest BCUT2D eigenvalue weighted by molar-refractivity contribution is 6.34. The molecule has 0 spiro atoms. The highest BCUT2D eigenvalue weighted by Crippen LogP contribution is 2.41. The second kappa shape index (κ2) is 10.3. The zero-order valence-corrected chi connectivity index (χ0v) is 22.8. The zero-order chi connectivity index (χ0) is 26.3. The van der Waals surface area contributed by atoms with Gasteiger partial charge in [0.25, 0.3) is 0 Å². The molecule has 1 aliphatic heterocycles. The minimum atomic E-state index is -0.360. The van der Waals surface area contributed by atoms with E-state index in [0.29, 0.717) is 27.5 Å². The third-order valence-electron chi connectivity index (χ3n) is 7.20. The molecule has 1 fully saturated rings. The number of halogens is 2. The van der Waals surface area contributed by atoms with E-state index in [0.717, 1.165) is 36.4 Å². The van der Waals surface area contributed by atoms with Gasteiger partial charge in [0.2, 0.25) is 0 Å². The Morgan fingerprint density at radius 1 is 0.973 bits per heavy atom. The summed E-state index contributed by atoms with van der Waals surface area (Å²) in [6.45, 7) is 13.4. The smallest absolute Gasteiger partial charge is 0.161 e. The number of piperazine rings is 1. The monoisotopic (exact) mass is 517 g/mol. The molecule has 37 heavy (non-hydrogen) atoms. The van der Waals surface area contributed by atoms with Crippen LogP contribution in [0.3, 0.4) is 0 Å². The van der Waals surface area contributed by atoms with Crippen LogP contribution >= 0.6 is 11.6 Å². The highest BCUT2D eigenvalue weighted by atomic mass is 35.5. The molecule has 0 aliphatic carbocycles. The minimum absolute atomic E-state index is 0.233. The van der Waals surface area contributed by atoms with E-state index >= 15 is 0 Å². The third-order valence-corrected chi connectivity index (χ3v) is 7.49. The maximum Gasteiger partial charge on any atom is 0.161 e. The summed E-state index contributed by atoms with van der Waals surface area (Å²) in [6, 6.07) is 15.1. The molecule has 5 rings (SSSR count). The molecular formula is C30H33ClFN5. The zero-order valence-electron chi connectivity index (χ0n) is 22.0. The first kappa shape index (κ1) is 25.6. The number of rotatable bonds is 5. The average molecular weight is 518 g/mol. The molecule has 1 unspecified atom stereocenters. The van der Waals surface area contributed by atoms with Crippen molar-refractivity contribution >= 4 is 28.3 Å². The minimum Gasteiger partial charge on any atom is -0.349 e. The van der Waals surface area contributed by atoms with Crippen LogP contribution in [-0.4, -0.2) is 40.9 Å². The largest absolute Gasteiger partial charge is 0.349 e. The van der Waals surface area contributed by atoms with Gasteiger partial charge in [0.15, 0.2) is 5.82 Å². The van der Waals surface area contributed by atoms with Crippen molar-refractivity contribution in [3.8, 4) is 22.5 Å². The molecule has 192 valence electrons. The van der Waals surface area contributed by atoms with Crippen molar-refractivity contribution in [1.82, 2.24) is 20.5 Å². The van der Waals surface area contributed by atoms with E-state index in [-0.39, 0.29) is 23.7 Å². The maximum atomic E-state index is 14.9. The molecule has 1 aliphatic rings. The standard InChI is InChI=1S/C30H33ClFN5/c1-17(2)20-10-8-11-21(18(3)4)26(20)29-28-23(30(36-35-29)37-14-13-33-16-19(37)5)15-24(31)27(34-28)22-9-6-7-12-25(22)32/h6-12,15,17-19,33H,13-14,16H2,1-5H3. The third kappa shape index (κ3) is 4.69. The van der Waals surface area contributed by atoms with Gasteiger partial charge in [-0.1, -0.05) is 69.6 Å². The Balaban J connectivity index is 1.87. The molecule has 3 heterocycles. The van der Waals surface area contributed by atoms with Gasteiger partial charge < -0.3 is 10.2 Å². The first-order valence-corrected chi connectivity index (χ1v) is 13.4. The van der Waals surface area contributed by atoms with Gasteiger partial charge in [0, 0.05) is 42.2 Å². The van der Waals surface area contributed by atoms with Gasteiger partial charge >= 0.3 is 0 Å². The first-order valence-electron chi connectivity index (χ1n) is 13.0. The van der Waals surface area contributed by atoms with Crippen LogP contribution in [0.2, 0.25) is 5.02 Å². The van der Waals surface area contributed by atoms with Crippen LogP contribution in [0.4, 0.5) is 10.2 Å². The lowest BCUT2D eigenvalue weighted by Crippen LogP contribution is -2.50. The summed E-state index contributed by atoms with van der Waals surface area (Å²) < 4.78 is 14.9. The van der Waals surface area contributed by atoms with Crippen molar-refractivity contribution in [1.29, 1.82) is 0 Å². The van der Waals surface area contributed by atoms with E-state index in [1.165, 1.54) is 17.2 Å². The fourth-order valence-corrected chi connectivity index (χ4v) is 5.49. The van der Waals surface area contributed by atoms with Gasteiger partial charge in [0.05, 0.1) is 10.7 Å². The van der Waals surface area contributed by atoms with Crippen molar-refractivity contribution in [2.24, 2.45) is 0 Å². The number of hydrogen-bond acceptors (Lipinski definition) is 5. The van der Waals surface area contributed by atoms with Crippen molar-refractivity contribution in [2.75, 3.05) is 24.5 Å². The Kier molecular flexibility index (Phi) is 7.15. The van der Waals surface area contributed by atoms with E-state index in [1.54, 1.807) is 18.2 Å². The van der Waals surface area contributed by atoms with Gasteiger partial charge in [-0.25, -0.2) is 9.37 Å². The number of nitrogens with one attached hydrogen (secondary N) is 1. The number of aromatic nitrogens is 3. The van der Waals surface area contributed by atoms with Gasteiger partial charge in [0.1, 0.15) is 17.0 Å². The van der Waals surface area contributed by atoms with E-state index in [9.17, 15) is 4.39 Å². The Bertz CT molecular complexity index is 1430. The molecule has 4 aromatic rings. The molecule has 2 aromatic heterocycles. The van der Waals surface area contributed by atoms with Crippen LogP contribution in [0.5, 0.6) is 0 Å². The number of nitrogens with zero attached hydrogens (tertiary/aromatic N) is 4. The topological polar surface area (TPSA) is 53.9 Å². The first-order chi connectivity index (χ1) is 17.8. The second-order valence-electron chi connectivity index (χ2n) is 10.4. The predicted molar refractivity (Wildman–Crippen MR) is 151 cm³/mol. The fourth-order valence-electron chi connectivity index (χ4n) is 5.24. The Labute approximate surface area is 223 Å². The van der Waals surface area contributed by atoms with Gasteiger partial charge in [-0.15, -0.1) is 10.2 Å². The summed E-state index contributed by atoms with van der Waals surface area (Å²) in [6.07, 6.45) is 0. The predicted octanol–water partition coefficient (Wildman–Crippen LogP) is 7.20. The van der Waals surface area contributed by atoms with Crippen molar-refractivity contribution in [2.45, 2.75) is 52.5 Å². The maximum absolute atomic E-state index is 14.9. The molecule has 1 atom stereocenters. The SMILES string of the molecule is CC(C)c1cccc(C(C)C)c1-c1nnc(N2CCNCC2C)c2cc(Cl)c(-c3ccccc3F)nc12. The Hall–Kier alpha value is -3.09.